The van der Waals surface area contributed by atoms with Crippen LogP contribution in [0.2, 0.25) is 0 Å². The van der Waals surface area contributed by atoms with Crippen molar-refractivity contribution in [2.45, 2.75) is 12.8 Å². The summed E-state index contributed by atoms with van der Waals surface area (Å²) in [6, 6.07) is 14.6. The van der Waals surface area contributed by atoms with Gasteiger partial charge >= 0.3 is 0 Å². The number of benzene rings is 2. The lowest BCUT2D eigenvalue weighted by atomic mass is 10.1. The molecule has 0 aliphatic carbocycles. The highest BCUT2D eigenvalue weighted by Gasteiger charge is 2.11. The minimum atomic E-state index is 0.716. The van der Waals surface area contributed by atoms with Gasteiger partial charge in [0.1, 0.15) is 12.5 Å². The molecule has 0 unspecified atom stereocenters. The highest BCUT2D eigenvalue weighted by atomic mass is 16.5. The van der Waals surface area contributed by atoms with E-state index >= 15 is 0 Å². The van der Waals surface area contributed by atoms with Gasteiger partial charge in [-0.3, -0.25) is 4.90 Å². The summed E-state index contributed by atoms with van der Waals surface area (Å²) in [5.74, 6) is 0.995. The molecule has 1 aliphatic heterocycles. The molecular formula is C15H17NO. The van der Waals surface area contributed by atoms with Gasteiger partial charge in [-0.05, 0) is 24.3 Å². The van der Waals surface area contributed by atoms with Crippen molar-refractivity contribution in [2.24, 2.45) is 0 Å². The molecule has 2 heteroatoms. The highest BCUT2D eigenvalue weighted by molar-refractivity contribution is 5.88. The Hall–Kier alpha value is -1.54. The third-order valence-corrected chi connectivity index (χ3v) is 3.35. The zero-order valence-corrected chi connectivity index (χ0v) is 9.93. The van der Waals surface area contributed by atoms with Crippen LogP contribution in [-0.2, 0) is 0 Å². The summed E-state index contributed by atoms with van der Waals surface area (Å²) in [5.41, 5.74) is 0. The van der Waals surface area contributed by atoms with Crippen LogP contribution >= 0.6 is 0 Å². The fourth-order valence-electron chi connectivity index (χ4n) is 2.39. The number of ether oxygens (including phenoxy) is 1. The summed E-state index contributed by atoms with van der Waals surface area (Å²) in [7, 11) is 0. The van der Waals surface area contributed by atoms with Crippen LogP contribution in [0.1, 0.15) is 12.8 Å². The third kappa shape index (κ3) is 2.27. The van der Waals surface area contributed by atoms with Crippen LogP contribution in [0.5, 0.6) is 5.75 Å². The van der Waals surface area contributed by atoms with Crippen LogP contribution in [0.3, 0.4) is 0 Å². The molecule has 3 rings (SSSR count). The lowest BCUT2D eigenvalue weighted by molar-refractivity contribution is 0.154. The molecule has 0 aromatic heterocycles. The van der Waals surface area contributed by atoms with Crippen molar-refractivity contribution in [1.82, 2.24) is 4.90 Å². The summed E-state index contributed by atoms with van der Waals surface area (Å²) < 4.78 is 5.93. The van der Waals surface area contributed by atoms with E-state index in [-0.39, 0.29) is 0 Å². The maximum Gasteiger partial charge on any atom is 0.142 e. The molecule has 0 saturated carbocycles. The number of hydrogen-bond donors (Lipinski definition) is 0. The van der Waals surface area contributed by atoms with Crippen molar-refractivity contribution < 1.29 is 4.74 Å². The average Bonchev–Trinajstić information content (AvgIpc) is 2.89. The average molecular weight is 227 g/mol. The van der Waals surface area contributed by atoms with Crippen LogP contribution in [0, 0.1) is 0 Å². The van der Waals surface area contributed by atoms with E-state index in [1.54, 1.807) is 0 Å². The van der Waals surface area contributed by atoms with Crippen molar-refractivity contribution in [1.29, 1.82) is 0 Å². The second-order valence-corrected chi connectivity index (χ2v) is 4.58. The largest absolute Gasteiger partial charge is 0.477 e. The molecule has 0 spiro atoms. The van der Waals surface area contributed by atoms with Crippen LogP contribution < -0.4 is 4.74 Å². The Morgan fingerprint density at radius 1 is 0.941 bits per heavy atom. The molecule has 2 aromatic rings. The van der Waals surface area contributed by atoms with Crippen LogP contribution in [0.4, 0.5) is 0 Å². The van der Waals surface area contributed by atoms with Crippen molar-refractivity contribution >= 4 is 10.8 Å². The molecule has 2 aromatic carbocycles. The lowest BCUT2D eigenvalue weighted by Crippen LogP contribution is -2.24. The first kappa shape index (κ1) is 10.6. The maximum absolute atomic E-state index is 5.93. The molecule has 0 radical (unpaired) electrons. The molecular weight excluding hydrogens is 210 g/mol. The molecule has 1 heterocycles. The topological polar surface area (TPSA) is 12.5 Å². The second kappa shape index (κ2) is 4.76. The van der Waals surface area contributed by atoms with Gasteiger partial charge in [0.15, 0.2) is 0 Å². The zero-order valence-electron chi connectivity index (χ0n) is 9.93. The highest BCUT2D eigenvalue weighted by Crippen LogP contribution is 2.25. The van der Waals surface area contributed by atoms with Crippen LogP contribution in [0.15, 0.2) is 42.5 Å². The molecule has 1 saturated heterocycles. The van der Waals surface area contributed by atoms with E-state index in [0.29, 0.717) is 6.73 Å². The van der Waals surface area contributed by atoms with Gasteiger partial charge in [0.2, 0.25) is 0 Å². The van der Waals surface area contributed by atoms with Gasteiger partial charge in [-0.15, -0.1) is 0 Å². The van der Waals surface area contributed by atoms with E-state index in [4.69, 9.17) is 4.74 Å². The van der Waals surface area contributed by atoms with E-state index in [1.807, 2.05) is 0 Å². The van der Waals surface area contributed by atoms with Crippen molar-refractivity contribution in [3.8, 4) is 5.75 Å². The summed E-state index contributed by atoms with van der Waals surface area (Å²) in [6.45, 7) is 3.06. The number of fused-ring (bicyclic) bond motifs is 1. The number of hydrogen-bond acceptors (Lipinski definition) is 2. The molecule has 1 aliphatic rings. The van der Waals surface area contributed by atoms with Gasteiger partial charge in [0, 0.05) is 18.5 Å². The summed E-state index contributed by atoms with van der Waals surface area (Å²) >= 11 is 0. The predicted molar refractivity (Wildman–Crippen MR) is 70.3 cm³/mol. The minimum Gasteiger partial charge on any atom is -0.477 e. The number of likely N-dealkylation sites (tertiary alicyclic amines) is 1. The molecule has 0 bridgehead atoms. The first-order chi connectivity index (χ1) is 8.43. The SMILES string of the molecule is c1ccc2c(OCN3CCCC3)cccc2c1. The Balaban J connectivity index is 1.79. The molecule has 0 amide bonds. The van der Waals surface area contributed by atoms with E-state index in [1.165, 1.54) is 36.7 Å². The maximum atomic E-state index is 5.93. The Morgan fingerprint density at radius 3 is 2.59 bits per heavy atom. The van der Waals surface area contributed by atoms with Crippen molar-refractivity contribution in [3.05, 3.63) is 42.5 Å². The Bertz CT molecular complexity index is 498. The van der Waals surface area contributed by atoms with Gasteiger partial charge < -0.3 is 4.74 Å². The monoisotopic (exact) mass is 227 g/mol. The third-order valence-electron chi connectivity index (χ3n) is 3.35. The Labute approximate surface area is 102 Å². The Morgan fingerprint density at radius 2 is 1.71 bits per heavy atom. The van der Waals surface area contributed by atoms with Gasteiger partial charge in [0.25, 0.3) is 0 Å². The van der Waals surface area contributed by atoms with E-state index in [9.17, 15) is 0 Å². The summed E-state index contributed by atoms with van der Waals surface area (Å²) in [4.78, 5) is 2.36. The van der Waals surface area contributed by atoms with Gasteiger partial charge in [-0.25, -0.2) is 0 Å². The van der Waals surface area contributed by atoms with Gasteiger partial charge in [-0.1, -0.05) is 36.4 Å². The van der Waals surface area contributed by atoms with Crippen LogP contribution in [-0.4, -0.2) is 24.7 Å². The fraction of sp³-hybridized carbons (Fsp3) is 0.333. The van der Waals surface area contributed by atoms with Crippen molar-refractivity contribution in [3.63, 3.8) is 0 Å². The zero-order chi connectivity index (χ0) is 11.5. The normalized spacial score (nSPS) is 16.5. The molecule has 0 atom stereocenters. The molecule has 88 valence electrons. The molecule has 0 N–H and O–H groups in total. The van der Waals surface area contributed by atoms with Crippen LogP contribution in [0.25, 0.3) is 10.8 Å². The van der Waals surface area contributed by atoms with E-state index in [0.717, 1.165) is 5.75 Å². The first-order valence-corrected chi connectivity index (χ1v) is 6.26. The lowest BCUT2D eigenvalue weighted by Gasteiger charge is -2.16. The smallest absolute Gasteiger partial charge is 0.142 e. The van der Waals surface area contributed by atoms with E-state index in [2.05, 4.69) is 47.4 Å². The molecule has 17 heavy (non-hydrogen) atoms. The molecule has 2 nitrogen and oxygen atoms in total. The first-order valence-electron chi connectivity index (χ1n) is 6.26. The quantitative estimate of drug-likeness (QED) is 0.798. The fourth-order valence-corrected chi connectivity index (χ4v) is 2.39. The van der Waals surface area contributed by atoms with Gasteiger partial charge in [-0.2, -0.15) is 0 Å². The second-order valence-electron chi connectivity index (χ2n) is 4.58. The van der Waals surface area contributed by atoms with E-state index < -0.39 is 0 Å². The van der Waals surface area contributed by atoms with Gasteiger partial charge in [0.05, 0.1) is 0 Å². The number of nitrogens with zero attached hydrogens (tertiary/aromatic N) is 1. The number of rotatable bonds is 3. The summed E-state index contributed by atoms with van der Waals surface area (Å²) in [6.07, 6.45) is 2.61. The molecule has 1 fully saturated rings. The summed E-state index contributed by atoms with van der Waals surface area (Å²) in [5, 5.41) is 2.45. The minimum absolute atomic E-state index is 0.716. The predicted octanol–water partition coefficient (Wildman–Crippen LogP) is 3.27. The standard InChI is InChI=1S/C15H17NO/c1-2-8-14-13(6-1)7-5-9-15(14)17-12-16-10-3-4-11-16/h1-2,5-9H,3-4,10-12H2. The Kier molecular flexibility index (Phi) is 2.97. The van der Waals surface area contributed by atoms with Crippen molar-refractivity contribution in [2.75, 3.05) is 19.8 Å².